The molecule has 2 aromatic carbocycles. The largest absolute Gasteiger partial charge is 0.515 e. The molecule has 3 rings (SSSR count). The van der Waals surface area contributed by atoms with E-state index in [1.165, 1.54) is 0 Å². The monoisotopic (exact) mass is 252 g/mol. The van der Waals surface area contributed by atoms with Gasteiger partial charge in [-0.3, -0.25) is 4.79 Å². The van der Waals surface area contributed by atoms with Crippen LogP contribution in [0.15, 0.2) is 66.4 Å². The maximum Gasteiger partial charge on any atom is 0.199 e. The van der Waals surface area contributed by atoms with Gasteiger partial charge in [-0.25, -0.2) is 0 Å². The van der Waals surface area contributed by atoms with Gasteiger partial charge in [-0.15, -0.1) is 0 Å². The second-order valence-corrected chi connectivity index (χ2v) is 4.32. The summed E-state index contributed by atoms with van der Waals surface area (Å²) in [5.74, 6) is 0.352. The number of benzene rings is 2. The summed E-state index contributed by atoms with van der Waals surface area (Å²) in [4.78, 5) is 12.3. The Bertz CT molecular complexity index is 644. The standard InChI is InChI=1S/C16H12O3/c17-10-13-15(18)12-8-4-5-9-14(12)19-16(13)11-6-2-1-3-7-11/h1-10,16-17H. The molecule has 0 amide bonds. The molecule has 1 N–H and O–H groups in total. The summed E-state index contributed by atoms with van der Waals surface area (Å²) >= 11 is 0. The number of carbonyl (C=O) groups excluding carboxylic acids is 1. The molecule has 0 bridgehead atoms. The molecule has 0 fully saturated rings. The van der Waals surface area contributed by atoms with Crippen LogP contribution in [-0.2, 0) is 0 Å². The molecule has 0 saturated heterocycles. The zero-order chi connectivity index (χ0) is 13.2. The Kier molecular flexibility index (Phi) is 2.80. The molecule has 3 nitrogen and oxygen atoms in total. The molecule has 1 heterocycles. The van der Waals surface area contributed by atoms with E-state index in [1.54, 1.807) is 18.2 Å². The Balaban J connectivity index is 2.11. The maximum absolute atomic E-state index is 12.3. The summed E-state index contributed by atoms with van der Waals surface area (Å²) < 4.78 is 5.84. The fourth-order valence-corrected chi connectivity index (χ4v) is 2.22. The number of carbonyl (C=O) groups is 1. The highest BCUT2D eigenvalue weighted by Crippen LogP contribution is 2.37. The van der Waals surface area contributed by atoms with Crippen molar-refractivity contribution in [2.45, 2.75) is 6.10 Å². The summed E-state index contributed by atoms with van der Waals surface area (Å²) in [6, 6.07) is 16.4. The van der Waals surface area contributed by atoms with Gasteiger partial charge in [0.1, 0.15) is 5.75 Å². The predicted molar refractivity (Wildman–Crippen MR) is 71.3 cm³/mol. The highest BCUT2D eigenvalue weighted by Gasteiger charge is 2.32. The van der Waals surface area contributed by atoms with E-state index < -0.39 is 6.10 Å². The van der Waals surface area contributed by atoms with E-state index in [1.807, 2.05) is 36.4 Å². The van der Waals surface area contributed by atoms with Crippen molar-refractivity contribution in [3.63, 3.8) is 0 Å². The third-order valence-corrected chi connectivity index (χ3v) is 3.16. The summed E-state index contributed by atoms with van der Waals surface area (Å²) in [6.07, 6.45) is 0.282. The Hall–Kier alpha value is -2.55. The van der Waals surface area contributed by atoms with Crippen LogP contribution in [0.5, 0.6) is 5.75 Å². The van der Waals surface area contributed by atoms with Gasteiger partial charge >= 0.3 is 0 Å². The third-order valence-electron chi connectivity index (χ3n) is 3.16. The van der Waals surface area contributed by atoms with Crippen molar-refractivity contribution in [1.82, 2.24) is 0 Å². The number of rotatable bonds is 1. The van der Waals surface area contributed by atoms with E-state index in [0.717, 1.165) is 11.8 Å². The number of hydrogen-bond donors (Lipinski definition) is 1. The van der Waals surface area contributed by atoms with Gasteiger partial charge in [0.05, 0.1) is 17.4 Å². The van der Waals surface area contributed by atoms with E-state index in [4.69, 9.17) is 4.74 Å². The summed E-state index contributed by atoms with van der Waals surface area (Å²) in [7, 11) is 0. The number of aliphatic hydroxyl groups excluding tert-OH is 1. The fourth-order valence-electron chi connectivity index (χ4n) is 2.22. The number of para-hydroxylation sites is 1. The van der Waals surface area contributed by atoms with Crippen LogP contribution in [0.25, 0.3) is 0 Å². The van der Waals surface area contributed by atoms with Gasteiger partial charge in [0, 0.05) is 0 Å². The van der Waals surface area contributed by atoms with Gasteiger partial charge in [-0.1, -0.05) is 42.5 Å². The number of Topliss-reactive ketones (excluding diaryl/α,β-unsaturated/α-hetero) is 1. The normalized spacial score (nSPS) is 19.9. The molecule has 0 spiro atoms. The van der Waals surface area contributed by atoms with E-state index in [2.05, 4.69) is 0 Å². The van der Waals surface area contributed by atoms with Crippen LogP contribution in [0.4, 0.5) is 0 Å². The minimum Gasteiger partial charge on any atom is -0.515 e. The first-order chi connectivity index (χ1) is 9.31. The van der Waals surface area contributed by atoms with Crippen molar-refractivity contribution >= 4 is 5.78 Å². The molecule has 1 aliphatic rings. The lowest BCUT2D eigenvalue weighted by atomic mass is 9.92. The van der Waals surface area contributed by atoms with Crippen LogP contribution in [-0.4, -0.2) is 10.9 Å². The van der Waals surface area contributed by atoms with Gasteiger partial charge in [-0.05, 0) is 17.7 Å². The summed E-state index contributed by atoms with van der Waals surface area (Å²) in [6.45, 7) is 0. The highest BCUT2D eigenvalue weighted by molar-refractivity contribution is 6.12. The van der Waals surface area contributed by atoms with Crippen LogP contribution in [0.2, 0.25) is 0 Å². The molecule has 1 unspecified atom stereocenters. The predicted octanol–water partition coefficient (Wildman–Crippen LogP) is 3.44. The third kappa shape index (κ3) is 1.89. The highest BCUT2D eigenvalue weighted by atomic mass is 16.5. The van der Waals surface area contributed by atoms with Crippen molar-refractivity contribution in [3.8, 4) is 5.75 Å². The Morgan fingerprint density at radius 1 is 1.00 bits per heavy atom. The molecule has 19 heavy (non-hydrogen) atoms. The minimum absolute atomic E-state index is 0.196. The van der Waals surface area contributed by atoms with Crippen molar-refractivity contribution in [2.24, 2.45) is 0 Å². The van der Waals surface area contributed by atoms with Gasteiger partial charge in [0.15, 0.2) is 11.9 Å². The lowest BCUT2D eigenvalue weighted by Crippen LogP contribution is -2.23. The first kappa shape index (κ1) is 11.5. The lowest BCUT2D eigenvalue weighted by molar-refractivity contribution is 0.0955. The molecule has 3 heteroatoms. The van der Waals surface area contributed by atoms with Crippen molar-refractivity contribution in [2.75, 3.05) is 0 Å². The zero-order valence-corrected chi connectivity index (χ0v) is 10.1. The number of hydrogen-bond acceptors (Lipinski definition) is 3. The van der Waals surface area contributed by atoms with Gasteiger partial charge in [-0.2, -0.15) is 0 Å². The van der Waals surface area contributed by atoms with Crippen LogP contribution in [0.1, 0.15) is 22.0 Å². The summed E-state index contributed by atoms with van der Waals surface area (Å²) in [5.41, 5.74) is 1.57. The fraction of sp³-hybridized carbons (Fsp3) is 0.0625. The second kappa shape index (κ2) is 4.61. The zero-order valence-electron chi connectivity index (χ0n) is 10.1. The average molecular weight is 252 g/mol. The van der Waals surface area contributed by atoms with E-state index in [-0.39, 0.29) is 11.4 Å². The molecule has 94 valence electrons. The molecule has 0 aromatic heterocycles. The smallest absolute Gasteiger partial charge is 0.199 e. The van der Waals surface area contributed by atoms with E-state index in [9.17, 15) is 9.90 Å². The van der Waals surface area contributed by atoms with E-state index >= 15 is 0 Å². The van der Waals surface area contributed by atoms with Crippen LogP contribution < -0.4 is 4.74 Å². The van der Waals surface area contributed by atoms with Crippen molar-refractivity contribution < 1.29 is 14.6 Å². The van der Waals surface area contributed by atoms with E-state index in [0.29, 0.717) is 11.3 Å². The Morgan fingerprint density at radius 3 is 2.42 bits per heavy atom. The maximum atomic E-state index is 12.3. The number of aliphatic hydroxyl groups is 1. The van der Waals surface area contributed by atoms with Crippen molar-refractivity contribution in [3.05, 3.63) is 77.6 Å². The summed E-state index contributed by atoms with van der Waals surface area (Å²) in [5, 5.41) is 9.36. The second-order valence-electron chi connectivity index (χ2n) is 4.32. The first-order valence-electron chi connectivity index (χ1n) is 6.01. The molecule has 0 radical (unpaired) electrons. The molecular weight excluding hydrogens is 240 g/mol. The number of fused-ring (bicyclic) bond motifs is 1. The Morgan fingerprint density at radius 2 is 1.68 bits per heavy atom. The molecule has 1 aliphatic heterocycles. The van der Waals surface area contributed by atoms with Crippen LogP contribution >= 0.6 is 0 Å². The van der Waals surface area contributed by atoms with Crippen LogP contribution in [0, 0.1) is 0 Å². The van der Waals surface area contributed by atoms with Gasteiger partial charge in [0.2, 0.25) is 0 Å². The number of ketones is 1. The quantitative estimate of drug-likeness (QED) is 0.624. The minimum atomic E-state index is -0.561. The average Bonchev–Trinajstić information content (AvgIpc) is 2.48. The molecular formula is C16H12O3. The lowest BCUT2D eigenvalue weighted by Gasteiger charge is -2.27. The number of ether oxygens (including phenoxy) is 1. The molecule has 0 saturated carbocycles. The van der Waals surface area contributed by atoms with Gasteiger partial charge in [0.25, 0.3) is 0 Å². The molecule has 2 aromatic rings. The topological polar surface area (TPSA) is 46.5 Å². The Labute approximate surface area is 110 Å². The SMILES string of the molecule is O=C1C(=CO)C(c2ccccc2)Oc2ccccc21. The van der Waals surface area contributed by atoms with Crippen LogP contribution in [0.3, 0.4) is 0 Å². The van der Waals surface area contributed by atoms with Crippen molar-refractivity contribution in [1.29, 1.82) is 0 Å². The molecule has 1 atom stereocenters. The molecule has 0 aliphatic carbocycles. The van der Waals surface area contributed by atoms with Gasteiger partial charge < -0.3 is 9.84 Å². The first-order valence-corrected chi connectivity index (χ1v) is 6.01.